The van der Waals surface area contributed by atoms with Crippen LogP contribution in [0.15, 0.2) is 81.7 Å². The molecule has 0 radical (unpaired) electrons. The second-order valence-corrected chi connectivity index (χ2v) is 8.78. The molecule has 0 aliphatic rings. The van der Waals surface area contributed by atoms with Gasteiger partial charge in [-0.2, -0.15) is 0 Å². The van der Waals surface area contributed by atoms with Crippen molar-refractivity contribution in [1.29, 1.82) is 0 Å². The summed E-state index contributed by atoms with van der Waals surface area (Å²) < 4.78 is 45.4. The molecular formula is C29H19Br2CrNO6. The van der Waals surface area contributed by atoms with Crippen LogP contribution in [0.5, 0.6) is 0 Å². The number of hydrogen-bond acceptors (Lipinski definition) is 2. The summed E-state index contributed by atoms with van der Waals surface area (Å²) in [5.41, 5.74) is 4.53. The van der Waals surface area contributed by atoms with E-state index in [0.29, 0.717) is 4.57 Å². The van der Waals surface area contributed by atoms with Crippen LogP contribution in [-0.2, 0) is 56.9 Å². The van der Waals surface area contributed by atoms with Gasteiger partial charge in [0.05, 0.1) is 0 Å². The van der Waals surface area contributed by atoms with E-state index < -0.39 is 0 Å². The maximum atomic E-state index is 7.50. The summed E-state index contributed by atoms with van der Waals surface area (Å²) in [5, 5.41) is 0. The summed E-state index contributed by atoms with van der Waals surface area (Å²) in [6.07, 6.45) is 0. The van der Waals surface area contributed by atoms with Crippen molar-refractivity contribution in [2.75, 3.05) is 12.0 Å². The van der Waals surface area contributed by atoms with Crippen molar-refractivity contribution in [1.82, 2.24) is 0 Å². The van der Waals surface area contributed by atoms with Crippen molar-refractivity contribution in [2.45, 2.75) is 13.1 Å². The van der Waals surface area contributed by atoms with Gasteiger partial charge in [-0.25, -0.2) is 0 Å². The fraction of sp³-hybridized carbons (Fsp3) is 0.103. The Morgan fingerprint density at radius 1 is 0.718 bits per heavy atom. The van der Waals surface area contributed by atoms with E-state index in [1.165, 1.54) is 11.1 Å². The van der Waals surface area contributed by atoms with Gasteiger partial charge in [0, 0.05) is 0 Å². The zero-order valence-electron chi connectivity index (χ0n) is 20.4. The van der Waals surface area contributed by atoms with Crippen LogP contribution in [0.2, 0.25) is 0 Å². The first kappa shape index (κ1) is 40.5. The van der Waals surface area contributed by atoms with Gasteiger partial charge in [0.1, 0.15) is 0 Å². The summed E-state index contributed by atoms with van der Waals surface area (Å²) >= 11 is 9.87. The van der Waals surface area contributed by atoms with Crippen molar-refractivity contribution < 1.29 is 43.8 Å². The van der Waals surface area contributed by atoms with Gasteiger partial charge in [0.2, 0.25) is 0 Å². The molecule has 10 heteroatoms. The first-order valence-electron chi connectivity index (χ1n) is 10.00. The van der Waals surface area contributed by atoms with Gasteiger partial charge < -0.3 is 0 Å². The summed E-state index contributed by atoms with van der Waals surface area (Å²) in [6, 6.07) is 25.1. The fourth-order valence-corrected chi connectivity index (χ4v) is 3.48. The van der Waals surface area contributed by atoms with Gasteiger partial charge in [-0.3, -0.25) is 0 Å². The van der Waals surface area contributed by atoms with Gasteiger partial charge in [0.25, 0.3) is 0 Å². The van der Waals surface area contributed by atoms with Crippen LogP contribution in [0.1, 0.15) is 16.7 Å². The Kier molecular flexibility index (Phi) is 29.2. The normalized spacial score (nSPS) is 7.82. The topological polar surface area (TPSA) is 112 Å². The van der Waals surface area contributed by atoms with Gasteiger partial charge >= 0.3 is 255 Å². The number of hydrogen-bond donors (Lipinski definition) is 0. The Bertz CT molecular complexity index is 1190. The summed E-state index contributed by atoms with van der Waals surface area (Å²) in [5.74, 6) is 6.27. The number of halogens is 2. The van der Waals surface area contributed by atoms with E-state index >= 15 is 0 Å². The molecule has 0 heterocycles. The molecule has 0 atom stereocenters. The molecule has 0 bridgehead atoms. The summed E-state index contributed by atoms with van der Waals surface area (Å²) in [6.45, 7) is 24.1. The molecule has 3 rings (SSSR count). The molecule has 39 heavy (non-hydrogen) atoms. The van der Waals surface area contributed by atoms with Crippen LogP contribution in [-0.4, -0.2) is 11.7 Å². The summed E-state index contributed by atoms with van der Waals surface area (Å²) in [7, 11) is 1.61. The second kappa shape index (κ2) is 28.1. The Morgan fingerprint density at radius 2 is 1.10 bits per heavy atom. The predicted molar refractivity (Wildman–Crippen MR) is 143 cm³/mol. The minimum atomic E-state index is 0.576. The van der Waals surface area contributed by atoms with E-state index in [-0.39, 0.29) is 0 Å². The fourth-order valence-electron chi connectivity index (χ4n) is 2.87. The monoisotopic (exact) mass is 687 g/mol. The standard InChI is InChI=1S/C24H19Br2NO.5CO.Cr/c1-28-16-4-6-21-5-2-3-7-24(21)27(17-19-8-12-22(25)13-9-19)18-20-10-14-23(26)15-11-20;5*1-2;/h2-3,5,7-15H,17-18H2,1H3;;;;;;. The first-order valence-corrected chi connectivity index (χ1v) is 12.2. The third-order valence-corrected chi connectivity index (χ3v) is 5.78. The number of ether oxygens (including phenoxy) is 1. The first-order chi connectivity index (χ1) is 19.0. The molecule has 0 fully saturated rings. The van der Waals surface area contributed by atoms with Crippen LogP contribution in [0, 0.1) is 45.1 Å². The van der Waals surface area contributed by atoms with Gasteiger partial charge in [-0.15, -0.1) is 0 Å². The van der Waals surface area contributed by atoms with E-state index in [9.17, 15) is 0 Å². The summed E-state index contributed by atoms with van der Waals surface area (Å²) in [4.78, 5) is 2.35. The molecule has 0 aromatic heterocycles. The van der Waals surface area contributed by atoms with E-state index in [2.05, 4.69) is 158 Å². The average Bonchev–Trinajstić information content (AvgIpc) is 3.03. The van der Waals surface area contributed by atoms with Crippen molar-refractivity contribution in [2.24, 2.45) is 0 Å². The zero-order chi connectivity index (χ0) is 30.6. The molecule has 7 nitrogen and oxygen atoms in total. The van der Waals surface area contributed by atoms with Crippen molar-refractivity contribution in [3.63, 3.8) is 0 Å². The Morgan fingerprint density at radius 3 is 1.49 bits per heavy atom. The van der Waals surface area contributed by atoms with Gasteiger partial charge in [-0.05, 0) is 0 Å². The van der Waals surface area contributed by atoms with E-state index in [4.69, 9.17) is 28.0 Å². The SMILES string of the molecule is CO[C](=[Cr])C#Cc1ccccc1N(Cc1ccc(Br)cc1)Cc1ccc(Br)cc1.[C-]#[O+].[C-]#[O+].[C-]#[O+].[C-]#[O+].[C-]#[O+]. The Hall–Kier alpha value is -2.96. The molecule has 196 valence electrons. The third-order valence-electron chi connectivity index (χ3n) is 4.30. The number of nitrogens with zero attached hydrogens (tertiary/aromatic N) is 1. The maximum absolute atomic E-state index is 7.50. The van der Waals surface area contributed by atoms with E-state index in [1.807, 2.05) is 12.1 Å². The molecule has 0 aliphatic carbocycles. The molecule has 3 aromatic rings. The van der Waals surface area contributed by atoms with E-state index in [0.717, 1.165) is 33.3 Å². The molecule has 0 saturated heterocycles. The Balaban J connectivity index is -0.00000116. The number of anilines is 1. The van der Waals surface area contributed by atoms with E-state index in [1.54, 1.807) is 7.11 Å². The molecule has 0 amide bonds. The molecule has 0 aliphatic heterocycles. The average molecular weight is 689 g/mol. The predicted octanol–water partition coefficient (Wildman–Crippen LogP) is 5.91. The van der Waals surface area contributed by atoms with Gasteiger partial charge in [0.15, 0.2) is 0 Å². The Labute approximate surface area is 253 Å². The minimum absolute atomic E-state index is 0.576. The van der Waals surface area contributed by atoms with Crippen LogP contribution >= 0.6 is 31.9 Å². The van der Waals surface area contributed by atoms with Crippen LogP contribution in [0.25, 0.3) is 0 Å². The van der Waals surface area contributed by atoms with Crippen molar-refractivity contribution >= 4 is 42.1 Å². The number of benzene rings is 3. The zero-order valence-corrected chi connectivity index (χ0v) is 24.9. The number of rotatable bonds is 6. The third kappa shape index (κ3) is 17.3. The molecular weight excluding hydrogens is 670 g/mol. The molecule has 0 unspecified atom stereocenters. The van der Waals surface area contributed by atoms with Crippen LogP contribution in [0.3, 0.4) is 0 Å². The van der Waals surface area contributed by atoms with Gasteiger partial charge in [-0.1, -0.05) is 0 Å². The quantitative estimate of drug-likeness (QED) is 0.182. The van der Waals surface area contributed by atoms with Crippen molar-refractivity contribution in [3.05, 3.63) is 132 Å². The van der Waals surface area contributed by atoms with Crippen molar-refractivity contribution in [3.8, 4) is 11.8 Å². The van der Waals surface area contributed by atoms with Crippen LogP contribution < -0.4 is 4.90 Å². The molecule has 0 N–H and O–H groups in total. The molecule has 3 aromatic carbocycles. The number of para-hydroxylation sites is 1. The van der Waals surface area contributed by atoms with Crippen LogP contribution in [0.4, 0.5) is 5.69 Å². The molecule has 0 spiro atoms. The molecule has 0 saturated carbocycles. The number of methoxy groups -OCH3 is 1. The second-order valence-electron chi connectivity index (χ2n) is 6.37.